The lowest BCUT2D eigenvalue weighted by Crippen LogP contribution is -2.11. The molecule has 27 heavy (non-hydrogen) atoms. The molecule has 0 spiro atoms. The minimum Gasteiger partial charge on any atom is -0.508 e. The zero-order valence-electron chi connectivity index (χ0n) is 16.3. The Morgan fingerprint density at radius 3 is 1.96 bits per heavy atom. The second kappa shape index (κ2) is 12.3. The molecule has 0 heterocycles. The normalized spacial score (nSPS) is 15.3. The number of hydrogen-bond acceptors (Lipinski definition) is 6. The number of rotatable bonds is 11. The van der Waals surface area contributed by atoms with Crippen molar-refractivity contribution in [3.05, 3.63) is 70.8 Å². The van der Waals surface area contributed by atoms with Gasteiger partial charge in [-0.3, -0.25) is 0 Å². The van der Waals surface area contributed by atoms with Crippen LogP contribution in [-0.2, 0) is 0 Å². The highest BCUT2D eigenvalue weighted by Crippen LogP contribution is 2.30. The molecule has 0 saturated heterocycles. The molecule has 6 N–H and O–H groups in total. The van der Waals surface area contributed by atoms with Gasteiger partial charge in [0.15, 0.2) is 0 Å². The molecule has 152 valence electrons. The van der Waals surface area contributed by atoms with Gasteiger partial charge in [0.05, 0.1) is 26.4 Å². The fourth-order valence-electron chi connectivity index (χ4n) is 2.13. The predicted octanol–water partition coefficient (Wildman–Crippen LogP) is 2.61. The molecule has 0 unspecified atom stereocenters. The van der Waals surface area contributed by atoms with Crippen LogP contribution in [0.3, 0.4) is 0 Å². The molecule has 0 aromatic heterocycles. The number of aliphatic hydroxyl groups excluding tert-OH is 6. The van der Waals surface area contributed by atoms with E-state index in [2.05, 4.69) is 6.58 Å². The molecular weight excluding hydrogens is 348 g/mol. The quantitative estimate of drug-likeness (QED) is 0.242. The van der Waals surface area contributed by atoms with Gasteiger partial charge in [0.25, 0.3) is 0 Å². The molecule has 0 aliphatic carbocycles. The Morgan fingerprint density at radius 2 is 1.52 bits per heavy atom. The van der Waals surface area contributed by atoms with Crippen molar-refractivity contribution in [2.75, 3.05) is 26.4 Å². The van der Waals surface area contributed by atoms with Crippen molar-refractivity contribution in [2.45, 2.75) is 27.2 Å². The summed E-state index contributed by atoms with van der Waals surface area (Å²) in [4.78, 5) is 0. The summed E-state index contributed by atoms with van der Waals surface area (Å²) in [5.74, 6) is -0.401. The average Bonchev–Trinajstić information content (AvgIpc) is 2.64. The van der Waals surface area contributed by atoms with Crippen LogP contribution in [0.1, 0.15) is 27.2 Å². The highest BCUT2D eigenvalue weighted by molar-refractivity contribution is 5.40. The first kappa shape index (κ1) is 24.9. The standard InChI is InChI=1S/C21H32O6/c1-5-6-16(12-23)20(27)17(13-24)7-9-21(3,4)15(2)11-18(14-25)19(26)8-10-22/h6-9,11,22-27H,2,5,10,12-14H2,1,3-4H3/b9-7+,16-6-,18-11-,19-8-,20-17-. The van der Waals surface area contributed by atoms with Crippen molar-refractivity contribution in [2.24, 2.45) is 5.41 Å². The second-order valence-corrected chi connectivity index (χ2v) is 6.51. The molecule has 0 fully saturated rings. The summed E-state index contributed by atoms with van der Waals surface area (Å²) >= 11 is 0. The molecule has 0 amide bonds. The number of hydrogen-bond donors (Lipinski definition) is 6. The Hall–Kier alpha value is -2.12. The van der Waals surface area contributed by atoms with Crippen LogP contribution in [0.4, 0.5) is 0 Å². The SMILES string of the molecule is C=C(/C=C(CO)\C(O)=C\CO)C(C)(C)/C=C/C(CO)=C(O)\C(=C/CC)CO. The Kier molecular flexibility index (Phi) is 11.3. The van der Waals surface area contributed by atoms with Crippen LogP contribution in [0.2, 0.25) is 0 Å². The summed E-state index contributed by atoms with van der Waals surface area (Å²) in [6, 6.07) is 0. The molecule has 6 nitrogen and oxygen atoms in total. The largest absolute Gasteiger partial charge is 0.508 e. The predicted molar refractivity (Wildman–Crippen MR) is 107 cm³/mol. The third kappa shape index (κ3) is 7.97. The van der Waals surface area contributed by atoms with Crippen molar-refractivity contribution >= 4 is 0 Å². The van der Waals surface area contributed by atoms with Crippen LogP contribution in [-0.4, -0.2) is 57.1 Å². The van der Waals surface area contributed by atoms with Crippen LogP contribution in [0.15, 0.2) is 70.8 Å². The van der Waals surface area contributed by atoms with E-state index in [-0.39, 0.29) is 35.9 Å². The minimum atomic E-state index is -0.630. The van der Waals surface area contributed by atoms with Crippen LogP contribution in [0.25, 0.3) is 0 Å². The summed E-state index contributed by atoms with van der Waals surface area (Å²) < 4.78 is 0. The first-order valence-corrected chi connectivity index (χ1v) is 8.72. The van der Waals surface area contributed by atoms with Crippen LogP contribution in [0.5, 0.6) is 0 Å². The highest BCUT2D eigenvalue weighted by Gasteiger charge is 2.18. The van der Waals surface area contributed by atoms with Gasteiger partial charge in [0.1, 0.15) is 11.5 Å². The van der Waals surface area contributed by atoms with Crippen molar-refractivity contribution in [1.29, 1.82) is 0 Å². The molecule has 0 aromatic carbocycles. The van der Waals surface area contributed by atoms with E-state index in [1.54, 1.807) is 18.2 Å². The molecule has 0 aliphatic heterocycles. The van der Waals surface area contributed by atoms with Gasteiger partial charge >= 0.3 is 0 Å². The zero-order chi connectivity index (χ0) is 21.0. The molecule has 0 radical (unpaired) electrons. The van der Waals surface area contributed by atoms with Crippen LogP contribution in [0, 0.1) is 5.41 Å². The maximum Gasteiger partial charge on any atom is 0.126 e. The second-order valence-electron chi connectivity index (χ2n) is 6.51. The molecule has 6 heteroatoms. The Labute approximate surface area is 161 Å². The smallest absolute Gasteiger partial charge is 0.126 e. The van der Waals surface area contributed by atoms with E-state index in [4.69, 9.17) is 5.11 Å². The number of aliphatic hydroxyl groups is 6. The minimum absolute atomic E-state index is 0.172. The first-order valence-electron chi connectivity index (χ1n) is 8.72. The van der Waals surface area contributed by atoms with Gasteiger partial charge in [-0.05, 0) is 24.1 Å². The summed E-state index contributed by atoms with van der Waals surface area (Å²) in [7, 11) is 0. The van der Waals surface area contributed by atoms with Gasteiger partial charge in [0.2, 0.25) is 0 Å². The maximum atomic E-state index is 10.3. The number of allylic oxidation sites excluding steroid dienone is 4. The van der Waals surface area contributed by atoms with Gasteiger partial charge < -0.3 is 30.6 Å². The molecule has 0 aromatic rings. The van der Waals surface area contributed by atoms with Crippen molar-refractivity contribution in [1.82, 2.24) is 0 Å². The fraction of sp³-hybridized carbons (Fsp3) is 0.429. The molecule has 0 bridgehead atoms. The summed E-state index contributed by atoms with van der Waals surface area (Å²) in [6.07, 6.45) is 8.26. The summed E-state index contributed by atoms with van der Waals surface area (Å²) in [6.45, 7) is 7.96. The van der Waals surface area contributed by atoms with Crippen LogP contribution < -0.4 is 0 Å². The van der Waals surface area contributed by atoms with E-state index in [0.717, 1.165) is 0 Å². The first-order chi connectivity index (χ1) is 12.7. The van der Waals surface area contributed by atoms with E-state index in [1.165, 1.54) is 12.2 Å². The molecule has 0 aliphatic rings. The van der Waals surface area contributed by atoms with E-state index in [9.17, 15) is 25.5 Å². The summed E-state index contributed by atoms with van der Waals surface area (Å²) in [5, 5.41) is 57.2. The lowest BCUT2D eigenvalue weighted by Gasteiger charge is -2.22. The average molecular weight is 380 g/mol. The van der Waals surface area contributed by atoms with Crippen molar-refractivity contribution < 1.29 is 30.6 Å². The lowest BCUT2D eigenvalue weighted by molar-refractivity contribution is 0.300. The maximum absolute atomic E-state index is 10.3. The topological polar surface area (TPSA) is 121 Å². The third-order valence-electron chi connectivity index (χ3n) is 4.06. The molecule has 0 saturated carbocycles. The summed E-state index contributed by atoms with van der Waals surface area (Å²) in [5.41, 5.74) is 0.728. The van der Waals surface area contributed by atoms with E-state index in [0.29, 0.717) is 17.6 Å². The highest BCUT2D eigenvalue weighted by atomic mass is 16.3. The zero-order valence-corrected chi connectivity index (χ0v) is 16.3. The van der Waals surface area contributed by atoms with Crippen LogP contribution >= 0.6 is 0 Å². The molecule has 0 rings (SSSR count). The van der Waals surface area contributed by atoms with E-state index >= 15 is 0 Å². The Balaban J connectivity index is 5.74. The van der Waals surface area contributed by atoms with Gasteiger partial charge in [-0.2, -0.15) is 0 Å². The molecular formula is C21H32O6. The molecule has 0 atom stereocenters. The van der Waals surface area contributed by atoms with Gasteiger partial charge in [0, 0.05) is 22.1 Å². The van der Waals surface area contributed by atoms with Gasteiger partial charge in [-0.25, -0.2) is 0 Å². The van der Waals surface area contributed by atoms with Gasteiger partial charge in [-0.15, -0.1) is 0 Å². The third-order valence-corrected chi connectivity index (χ3v) is 4.06. The van der Waals surface area contributed by atoms with Gasteiger partial charge in [-0.1, -0.05) is 45.6 Å². The van der Waals surface area contributed by atoms with Crippen molar-refractivity contribution in [3.8, 4) is 0 Å². The van der Waals surface area contributed by atoms with E-state index in [1.807, 2.05) is 20.8 Å². The van der Waals surface area contributed by atoms with Crippen molar-refractivity contribution in [3.63, 3.8) is 0 Å². The fourth-order valence-corrected chi connectivity index (χ4v) is 2.13. The lowest BCUT2D eigenvalue weighted by atomic mass is 9.83. The van der Waals surface area contributed by atoms with E-state index < -0.39 is 18.6 Å². The Morgan fingerprint density at radius 1 is 0.926 bits per heavy atom. The monoisotopic (exact) mass is 380 g/mol. The Bertz CT molecular complexity index is 648.